The van der Waals surface area contributed by atoms with Gasteiger partial charge in [0.2, 0.25) is 0 Å². The van der Waals surface area contributed by atoms with Gasteiger partial charge in [0.15, 0.2) is 0 Å². The normalized spacial score (nSPS) is 12.4. The van der Waals surface area contributed by atoms with E-state index in [0.29, 0.717) is 5.15 Å². The number of aryl methyl sites for hydroxylation is 1. The second kappa shape index (κ2) is 5.98. The number of pyridine rings is 1. The van der Waals surface area contributed by atoms with Crippen molar-refractivity contribution < 1.29 is 5.11 Å². The molecule has 0 bridgehead atoms. The number of rotatable bonds is 4. The average molecular weight is 262 g/mol. The number of benzene rings is 1. The molecule has 0 spiro atoms. The Kier molecular flexibility index (Phi) is 4.34. The van der Waals surface area contributed by atoms with Crippen LogP contribution in [0.4, 0.5) is 0 Å². The van der Waals surface area contributed by atoms with Crippen molar-refractivity contribution in [3.63, 3.8) is 0 Å². The number of hydrogen-bond donors (Lipinski definition) is 1. The molecule has 1 atom stereocenters. The highest BCUT2D eigenvalue weighted by Gasteiger charge is 2.10. The Balaban J connectivity index is 2.20. The van der Waals surface area contributed by atoms with E-state index in [4.69, 9.17) is 11.6 Å². The van der Waals surface area contributed by atoms with Crippen LogP contribution in [0.3, 0.4) is 0 Å². The van der Waals surface area contributed by atoms with Crippen molar-refractivity contribution in [1.29, 1.82) is 0 Å². The molecule has 3 heteroatoms. The monoisotopic (exact) mass is 261 g/mol. The van der Waals surface area contributed by atoms with Crippen molar-refractivity contribution >= 4 is 11.6 Å². The number of halogens is 1. The molecule has 2 aromatic rings. The fourth-order valence-corrected chi connectivity index (χ4v) is 2.12. The van der Waals surface area contributed by atoms with Gasteiger partial charge < -0.3 is 5.11 Å². The molecule has 0 aliphatic rings. The van der Waals surface area contributed by atoms with Crippen LogP contribution < -0.4 is 0 Å². The van der Waals surface area contributed by atoms with Crippen molar-refractivity contribution in [2.75, 3.05) is 0 Å². The Hall–Kier alpha value is -1.38. The molecule has 0 saturated heterocycles. The molecule has 0 radical (unpaired) electrons. The van der Waals surface area contributed by atoms with Crippen LogP contribution in [0.25, 0.3) is 0 Å². The molecular weight excluding hydrogens is 246 g/mol. The fourth-order valence-electron chi connectivity index (χ4n) is 1.94. The Bertz CT molecular complexity index is 510. The van der Waals surface area contributed by atoms with E-state index >= 15 is 0 Å². The zero-order valence-corrected chi connectivity index (χ0v) is 11.1. The van der Waals surface area contributed by atoms with E-state index in [-0.39, 0.29) is 0 Å². The van der Waals surface area contributed by atoms with Crippen LogP contribution in [0, 0.1) is 0 Å². The number of aliphatic hydroxyl groups excluding tert-OH is 1. The molecule has 1 unspecified atom stereocenters. The Morgan fingerprint density at radius 1 is 1.17 bits per heavy atom. The highest BCUT2D eigenvalue weighted by Crippen LogP contribution is 2.23. The van der Waals surface area contributed by atoms with E-state index in [9.17, 15) is 5.11 Å². The first-order valence-corrected chi connectivity index (χ1v) is 6.47. The lowest BCUT2D eigenvalue weighted by molar-refractivity contribution is 0.220. The summed E-state index contributed by atoms with van der Waals surface area (Å²) in [5.74, 6) is 0. The van der Waals surface area contributed by atoms with Crippen molar-refractivity contribution in [3.05, 3.63) is 64.4 Å². The van der Waals surface area contributed by atoms with Crippen LogP contribution in [-0.2, 0) is 6.42 Å². The third-order valence-electron chi connectivity index (χ3n) is 2.90. The molecular formula is C15H16ClNO. The Morgan fingerprint density at radius 2 is 1.89 bits per heavy atom. The SMILES string of the molecule is CCCc1ccc(C(O)c2ccnc(Cl)c2)cc1. The number of aromatic nitrogens is 1. The van der Waals surface area contributed by atoms with Gasteiger partial charge in [0, 0.05) is 6.20 Å². The maximum Gasteiger partial charge on any atom is 0.129 e. The predicted octanol–water partition coefficient (Wildman–Crippen LogP) is 3.77. The van der Waals surface area contributed by atoms with E-state index in [1.54, 1.807) is 18.3 Å². The maximum absolute atomic E-state index is 10.3. The number of nitrogens with zero attached hydrogens (tertiary/aromatic N) is 1. The quantitative estimate of drug-likeness (QED) is 0.850. The largest absolute Gasteiger partial charge is 0.384 e. The number of aliphatic hydroxyl groups is 1. The standard InChI is InChI=1S/C15H16ClNO/c1-2-3-11-4-6-12(7-5-11)15(18)13-8-9-17-14(16)10-13/h4-10,15,18H,2-3H2,1H3. The minimum absolute atomic E-state index is 0.397. The van der Waals surface area contributed by atoms with Gasteiger partial charge in [-0.1, -0.05) is 49.2 Å². The Morgan fingerprint density at radius 3 is 2.50 bits per heavy atom. The van der Waals surface area contributed by atoms with Crippen LogP contribution in [0.5, 0.6) is 0 Å². The minimum atomic E-state index is -0.652. The molecule has 0 amide bonds. The van der Waals surface area contributed by atoms with E-state index in [0.717, 1.165) is 24.0 Å². The van der Waals surface area contributed by atoms with Gasteiger partial charge in [0.1, 0.15) is 11.3 Å². The lowest BCUT2D eigenvalue weighted by atomic mass is 10.0. The molecule has 1 aromatic heterocycles. The van der Waals surface area contributed by atoms with Gasteiger partial charge in [-0.05, 0) is 35.2 Å². The summed E-state index contributed by atoms with van der Waals surface area (Å²) in [5.41, 5.74) is 2.93. The topological polar surface area (TPSA) is 33.1 Å². The number of hydrogen-bond acceptors (Lipinski definition) is 2. The summed E-state index contributed by atoms with van der Waals surface area (Å²) in [5, 5.41) is 10.6. The van der Waals surface area contributed by atoms with Gasteiger partial charge in [-0.15, -0.1) is 0 Å². The molecule has 1 N–H and O–H groups in total. The molecule has 0 fully saturated rings. The van der Waals surface area contributed by atoms with Crippen molar-refractivity contribution in [2.45, 2.75) is 25.9 Å². The van der Waals surface area contributed by atoms with E-state index in [1.807, 2.05) is 12.1 Å². The molecule has 0 aliphatic carbocycles. The summed E-state index contributed by atoms with van der Waals surface area (Å²) >= 11 is 5.82. The van der Waals surface area contributed by atoms with Gasteiger partial charge in [-0.3, -0.25) is 0 Å². The highest BCUT2D eigenvalue weighted by atomic mass is 35.5. The van der Waals surface area contributed by atoms with Crippen molar-refractivity contribution in [1.82, 2.24) is 4.98 Å². The third-order valence-corrected chi connectivity index (χ3v) is 3.11. The summed E-state index contributed by atoms with van der Waals surface area (Å²) in [6, 6.07) is 11.5. The second-order valence-electron chi connectivity index (χ2n) is 4.31. The minimum Gasteiger partial charge on any atom is -0.384 e. The Labute approximate surface area is 112 Å². The maximum atomic E-state index is 10.3. The zero-order valence-electron chi connectivity index (χ0n) is 10.3. The first kappa shape index (κ1) is 13.1. The summed E-state index contributed by atoms with van der Waals surface area (Å²) < 4.78 is 0. The van der Waals surface area contributed by atoms with Gasteiger partial charge in [-0.2, -0.15) is 0 Å². The molecule has 2 nitrogen and oxygen atoms in total. The predicted molar refractivity (Wildman–Crippen MR) is 73.7 cm³/mol. The average Bonchev–Trinajstić information content (AvgIpc) is 2.39. The first-order valence-electron chi connectivity index (χ1n) is 6.09. The van der Waals surface area contributed by atoms with Crippen LogP contribution in [0.1, 0.15) is 36.1 Å². The van der Waals surface area contributed by atoms with Crippen LogP contribution >= 0.6 is 11.6 Å². The van der Waals surface area contributed by atoms with Crippen LogP contribution in [-0.4, -0.2) is 10.1 Å². The molecule has 2 rings (SSSR count). The molecule has 1 aromatic carbocycles. The summed E-state index contributed by atoms with van der Waals surface area (Å²) in [7, 11) is 0. The van der Waals surface area contributed by atoms with E-state index in [1.165, 1.54) is 5.56 Å². The van der Waals surface area contributed by atoms with Gasteiger partial charge in [0.25, 0.3) is 0 Å². The molecule has 0 aliphatic heterocycles. The van der Waals surface area contributed by atoms with Gasteiger partial charge in [-0.25, -0.2) is 4.98 Å². The molecule has 1 heterocycles. The van der Waals surface area contributed by atoms with E-state index < -0.39 is 6.10 Å². The zero-order chi connectivity index (χ0) is 13.0. The van der Waals surface area contributed by atoms with E-state index in [2.05, 4.69) is 24.0 Å². The summed E-state index contributed by atoms with van der Waals surface area (Å²) in [6.07, 6.45) is 3.15. The van der Waals surface area contributed by atoms with Crippen molar-refractivity contribution in [3.8, 4) is 0 Å². The van der Waals surface area contributed by atoms with Gasteiger partial charge >= 0.3 is 0 Å². The summed E-state index contributed by atoms with van der Waals surface area (Å²) in [4.78, 5) is 3.91. The fraction of sp³-hybridized carbons (Fsp3) is 0.267. The molecule has 18 heavy (non-hydrogen) atoms. The highest BCUT2D eigenvalue weighted by molar-refractivity contribution is 6.29. The van der Waals surface area contributed by atoms with Crippen molar-refractivity contribution in [2.24, 2.45) is 0 Å². The second-order valence-corrected chi connectivity index (χ2v) is 4.69. The van der Waals surface area contributed by atoms with Gasteiger partial charge in [0.05, 0.1) is 0 Å². The van der Waals surface area contributed by atoms with Crippen LogP contribution in [0.2, 0.25) is 5.15 Å². The summed E-state index contributed by atoms with van der Waals surface area (Å²) in [6.45, 7) is 2.15. The molecule has 0 saturated carbocycles. The third kappa shape index (κ3) is 3.09. The smallest absolute Gasteiger partial charge is 0.129 e. The van der Waals surface area contributed by atoms with Crippen LogP contribution in [0.15, 0.2) is 42.6 Å². The first-order chi connectivity index (χ1) is 8.70. The molecule has 94 valence electrons. The lowest BCUT2D eigenvalue weighted by Crippen LogP contribution is -2.00. The lowest BCUT2D eigenvalue weighted by Gasteiger charge is -2.12.